The van der Waals surface area contributed by atoms with E-state index in [2.05, 4.69) is 20.7 Å². The van der Waals surface area contributed by atoms with Crippen molar-refractivity contribution in [1.82, 2.24) is 4.72 Å². The van der Waals surface area contributed by atoms with E-state index in [1.807, 2.05) is 0 Å². The van der Waals surface area contributed by atoms with Crippen molar-refractivity contribution in [3.8, 4) is 0 Å². The topological polar surface area (TPSA) is 72.2 Å². The van der Waals surface area contributed by atoms with Gasteiger partial charge >= 0.3 is 0 Å². The van der Waals surface area contributed by atoms with Crippen LogP contribution in [0.25, 0.3) is 0 Å². The summed E-state index contributed by atoms with van der Waals surface area (Å²) in [4.78, 5) is -0.192. The van der Waals surface area contributed by atoms with Crippen molar-refractivity contribution in [2.75, 3.05) is 5.73 Å². The average molecular weight is 394 g/mol. The Morgan fingerprint density at radius 2 is 1.95 bits per heavy atom. The average Bonchev–Trinajstić information content (AvgIpc) is 2.42. The van der Waals surface area contributed by atoms with E-state index in [1.165, 1.54) is 0 Å². The molecule has 4 nitrogen and oxygen atoms in total. The highest BCUT2D eigenvalue weighted by Gasteiger charge is 2.19. The maximum absolute atomic E-state index is 13.3. The molecule has 21 heavy (non-hydrogen) atoms. The summed E-state index contributed by atoms with van der Waals surface area (Å²) in [5.74, 6) is -0.627. The van der Waals surface area contributed by atoms with Gasteiger partial charge in [-0.25, -0.2) is 17.5 Å². The van der Waals surface area contributed by atoms with E-state index in [-0.39, 0.29) is 21.6 Å². The van der Waals surface area contributed by atoms with Crippen LogP contribution < -0.4 is 10.5 Å². The molecule has 3 N–H and O–H groups in total. The maximum Gasteiger partial charge on any atom is 0.242 e. The third-order valence-corrected chi connectivity index (χ3v) is 5.19. The maximum atomic E-state index is 13.3. The fraction of sp³-hybridized carbons (Fsp3) is 0.0769. The number of nitrogens with one attached hydrogen (secondary N) is 1. The van der Waals surface area contributed by atoms with Gasteiger partial charge < -0.3 is 5.73 Å². The molecule has 8 heteroatoms. The molecule has 0 aliphatic rings. The van der Waals surface area contributed by atoms with Crippen molar-refractivity contribution < 1.29 is 12.8 Å². The second-order valence-corrected chi connectivity index (χ2v) is 7.22. The number of hydrogen-bond donors (Lipinski definition) is 2. The Kier molecular flexibility index (Phi) is 4.88. The molecular formula is C13H11BrClFN2O2S. The third kappa shape index (κ3) is 3.74. The number of nitrogens with two attached hydrogens (primary N) is 1. The lowest BCUT2D eigenvalue weighted by atomic mass is 10.2. The van der Waals surface area contributed by atoms with Gasteiger partial charge in [0.15, 0.2) is 0 Å². The molecule has 0 amide bonds. The number of sulfonamides is 1. The first-order chi connectivity index (χ1) is 9.81. The SMILES string of the molecule is Nc1cc(F)c(Br)cc1S(=O)(=O)NCc1ccccc1Cl. The van der Waals surface area contributed by atoms with Crippen LogP contribution in [0.15, 0.2) is 45.8 Å². The van der Waals surface area contributed by atoms with Crippen molar-refractivity contribution in [3.63, 3.8) is 0 Å². The second-order valence-electron chi connectivity index (χ2n) is 4.22. The Balaban J connectivity index is 2.27. The molecule has 0 aromatic heterocycles. The van der Waals surface area contributed by atoms with E-state index in [0.717, 1.165) is 12.1 Å². The lowest BCUT2D eigenvalue weighted by Gasteiger charge is -2.11. The van der Waals surface area contributed by atoms with Gasteiger partial charge in [0.05, 0.1) is 10.2 Å². The zero-order valence-corrected chi connectivity index (χ0v) is 13.8. The molecule has 0 unspecified atom stereocenters. The summed E-state index contributed by atoms with van der Waals surface area (Å²) in [6, 6.07) is 8.93. The molecule has 0 heterocycles. The highest BCUT2D eigenvalue weighted by atomic mass is 79.9. The second kappa shape index (κ2) is 6.31. The first-order valence-electron chi connectivity index (χ1n) is 5.79. The van der Waals surface area contributed by atoms with Crippen molar-refractivity contribution >= 4 is 43.2 Å². The molecule has 0 saturated heterocycles. The monoisotopic (exact) mass is 392 g/mol. The lowest BCUT2D eigenvalue weighted by molar-refractivity contribution is 0.580. The highest BCUT2D eigenvalue weighted by Crippen LogP contribution is 2.26. The molecule has 0 saturated carbocycles. The zero-order valence-electron chi connectivity index (χ0n) is 10.6. The highest BCUT2D eigenvalue weighted by molar-refractivity contribution is 9.10. The normalized spacial score (nSPS) is 11.6. The standard InChI is InChI=1S/C13H11BrClFN2O2S/c14-9-5-13(12(17)6-11(9)16)21(19,20)18-7-8-3-1-2-4-10(8)15/h1-6,18H,7,17H2. The van der Waals surface area contributed by atoms with Crippen molar-refractivity contribution in [2.24, 2.45) is 0 Å². The quantitative estimate of drug-likeness (QED) is 0.783. The Labute approximate surface area is 135 Å². The Morgan fingerprint density at radius 3 is 2.62 bits per heavy atom. The smallest absolute Gasteiger partial charge is 0.242 e. The van der Waals surface area contributed by atoms with E-state index in [4.69, 9.17) is 17.3 Å². The summed E-state index contributed by atoms with van der Waals surface area (Å²) in [5, 5.41) is 0.452. The molecule has 2 rings (SSSR count). The summed E-state index contributed by atoms with van der Waals surface area (Å²) in [6.45, 7) is 0.0104. The zero-order chi connectivity index (χ0) is 15.6. The molecule has 0 aliphatic heterocycles. The Morgan fingerprint density at radius 1 is 1.29 bits per heavy atom. The number of rotatable bonds is 4. The molecule has 112 valence electrons. The third-order valence-electron chi connectivity index (χ3n) is 2.75. The molecule has 0 spiro atoms. The molecule has 0 fully saturated rings. The van der Waals surface area contributed by atoms with E-state index in [0.29, 0.717) is 10.6 Å². The number of benzene rings is 2. The fourth-order valence-corrected chi connectivity index (χ4v) is 3.51. The minimum Gasteiger partial charge on any atom is -0.398 e. The van der Waals surface area contributed by atoms with Gasteiger partial charge in [0.2, 0.25) is 10.0 Å². The van der Waals surface area contributed by atoms with Gasteiger partial charge in [-0.15, -0.1) is 0 Å². The van der Waals surface area contributed by atoms with Crippen molar-refractivity contribution in [3.05, 3.63) is 57.3 Å². The van der Waals surface area contributed by atoms with Gasteiger partial charge in [0.25, 0.3) is 0 Å². The summed E-state index contributed by atoms with van der Waals surface area (Å²) in [6.07, 6.45) is 0. The van der Waals surface area contributed by atoms with E-state index in [9.17, 15) is 12.8 Å². The number of halogens is 3. The van der Waals surface area contributed by atoms with Crippen LogP contribution in [0.4, 0.5) is 10.1 Å². The fourth-order valence-electron chi connectivity index (χ4n) is 1.67. The van der Waals surface area contributed by atoms with E-state index in [1.54, 1.807) is 24.3 Å². The van der Waals surface area contributed by atoms with Gasteiger partial charge in [-0.3, -0.25) is 0 Å². The van der Waals surface area contributed by atoms with Gasteiger partial charge in [-0.2, -0.15) is 0 Å². The van der Waals surface area contributed by atoms with Crippen LogP contribution in [-0.4, -0.2) is 8.42 Å². The molecule has 0 bridgehead atoms. The van der Waals surface area contributed by atoms with Crippen LogP contribution in [0.5, 0.6) is 0 Å². The van der Waals surface area contributed by atoms with Gasteiger partial charge in [0.1, 0.15) is 10.7 Å². The van der Waals surface area contributed by atoms with Gasteiger partial charge in [0, 0.05) is 11.6 Å². The number of hydrogen-bond acceptors (Lipinski definition) is 3. The predicted octanol–water partition coefficient (Wildman–Crippen LogP) is 3.30. The van der Waals surface area contributed by atoms with Crippen molar-refractivity contribution in [1.29, 1.82) is 0 Å². The van der Waals surface area contributed by atoms with E-state index < -0.39 is 15.8 Å². The summed E-state index contributed by atoms with van der Waals surface area (Å²) in [7, 11) is -3.88. The molecular weight excluding hydrogens is 383 g/mol. The van der Waals surface area contributed by atoms with Crippen LogP contribution in [0.3, 0.4) is 0 Å². The van der Waals surface area contributed by atoms with Crippen LogP contribution in [0.1, 0.15) is 5.56 Å². The van der Waals surface area contributed by atoms with Gasteiger partial charge in [-0.05, 0) is 39.7 Å². The number of nitrogen functional groups attached to an aromatic ring is 1. The predicted molar refractivity (Wildman–Crippen MR) is 84.0 cm³/mol. The van der Waals surface area contributed by atoms with Crippen LogP contribution in [0.2, 0.25) is 5.02 Å². The Bertz CT molecular complexity index is 784. The summed E-state index contributed by atoms with van der Waals surface area (Å²) < 4.78 is 40.1. The van der Waals surface area contributed by atoms with Gasteiger partial charge in [-0.1, -0.05) is 29.8 Å². The molecule has 2 aromatic rings. The van der Waals surface area contributed by atoms with Crippen molar-refractivity contribution in [2.45, 2.75) is 11.4 Å². The van der Waals surface area contributed by atoms with Crippen LogP contribution >= 0.6 is 27.5 Å². The first kappa shape index (κ1) is 16.2. The lowest BCUT2D eigenvalue weighted by Crippen LogP contribution is -2.24. The molecule has 0 radical (unpaired) electrons. The number of anilines is 1. The first-order valence-corrected chi connectivity index (χ1v) is 8.44. The summed E-state index contributed by atoms with van der Waals surface area (Å²) >= 11 is 8.90. The molecule has 0 aliphatic carbocycles. The van der Waals surface area contributed by atoms with Crippen LogP contribution in [0, 0.1) is 5.82 Å². The minimum atomic E-state index is -3.88. The minimum absolute atomic E-state index is 0.0104. The Hall–Kier alpha value is -1.15. The molecule has 0 atom stereocenters. The molecule has 2 aromatic carbocycles. The summed E-state index contributed by atoms with van der Waals surface area (Å²) in [5.41, 5.74) is 6.03. The van der Waals surface area contributed by atoms with Crippen LogP contribution in [-0.2, 0) is 16.6 Å². The van der Waals surface area contributed by atoms with E-state index >= 15 is 0 Å². The largest absolute Gasteiger partial charge is 0.398 e.